The van der Waals surface area contributed by atoms with Crippen LogP contribution in [0.15, 0.2) is 6.08 Å². The van der Waals surface area contributed by atoms with Crippen LogP contribution in [-0.2, 0) is 21.7 Å². The summed E-state index contributed by atoms with van der Waals surface area (Å²) < 4.78 is 0. The molecule has 0 spiro atoms. The minimum absolute atomic E-state index is 0. The van der Waals surface area contributed by atoms with Crippen molar-refractivity contribution in [3.63, 3.8) is 0 Å². The summed E-state index contributed by atoms with van der Waals surface area (Å²) in [6.45, 7) is 11.4. The van der Waals surface area contributed by atoms with Gasteiger partial charge in [0.15, 0.2) is 0 Å². The third-order valence-electron chi connectivity index (χ3n) is 1.52. The molecule has 1 aliphatic rings. The van der Waals surface area contributed by atoms with Crippen LogP contribution in [0, 0.1) is 19.9 Å². The number of hydrogen-bond donors (Lipinski definition) is 0. The van der Waals surface area contributed by atoms with Gasteiger partial charge in [-0.1, -0.05) is 39.5 Å². The van der Waals surface area contributed by atoms with Gasteiger partial charge in [0.1, 0.15) is 0 Å². The molecule has 1 heteroatoms. The predicted octanol–water partition coefficient (Wildman–Crippen LogP) is 4.77. The Balaban J connectivity index is -0.000000127. The van der Waals surface area contributed by atoms with E-state index in [4.69, 9.17) is 0 Å². The van der Waals surface area contributed by atoms with Crippen LogP contribution in [0.5, 0.6) is 0 Å². The fourth-order valence-corrected chi connectivity index (χ4v) is 0.510. The van der Waals surface area contributed by atoms with Crippen LogP contribution in [0.4, 0.5) is 0 Å². The second-order valence-electron chi connectivity index (χ2n) is 3.01. The Hall–Kier alpha value is 0.454. The number of rotatable bonds is 2. The number of unbranched alkanes of at least 4 members (excludes halogenated alkanes) is 2. The van der Waals surface area contributed by atoms with Crippen molar-refractivity contribution in [2.45, 2.75) is 58.8 Å². The van der Waals surface area contributed by atoms with Gasteiger partial charge in [-0.2, -0.15) is 19.3 Å². The van der Waals surface area contributed by atoms with Crippen molar-refractivity contribution in [3.8, 4) is 0 Å². The second-order valence-corrected chi connectivity index (χ2v) is 3.01. The molecule has 0 amide bonds. The van der Waals surface area contributed by atoms with Gasteiger partial charge in [0, 0.05) is 0 Å². The van der Waals surface area contributed by atoms with E-state index in [1.807, 2.05) is 0 Å². The number of allylic oxidation sites excluding steroid dienone is 2. The molecule has 0 aromatic rings. The molecule has 81 valence electrons. The second kappa shape index (κ2) is 23.3. The average molecular weight is 229 g/mol. The van der Waals surface area contributed by atoms with Crippen LogP contribution in [0.3, 0.4) is 0 Å². The van der Waals surface area contributed by atoms with Crippen molar-refractivity contribution >= 4 is 0 Å². The van der Waals surface area contributed by atoms with E-state index in [1.54, 1.807) is 0 Å². The third kappa shape index (κ3) is 29.4. The molecule has 1 rings (SSSR count). The Morgan fingerprint density at radius 3 is 1.64 bits per heavy atom. The molecule has 0 unspecified atom stereocenters. The van der Waals surface area contributed by atoms with E-state index in [0.717, 1.165) is 12.8 Å². The maximum atomic E-state index is 3.60. The average Bonchev–Trinajstić information content (AvgIpc) is 2.76. The Kier molecular flexibility index (Phi) is 33.3. The van der Waals surface area contributed by atoms with Crippen LogP contribution >= 0.6 is 0 Å². The standard InChI is InChI=1S/C5H7.2C4H9.Ti/c1-2-4-5-3-1;2*1-3-4-2;/h1H,2,4-5H2;2*1,3-4H2,2H3;/q3*-1;+3. The van der Waals surface area contributed by atoms with Gasteiger partial charge < -0.3 is 19.9 Å². The van der Waals surface area contributed by atoms with Gasteiger partial charge in [-0.15, -0.1) is 0 Å². The first-order valence-electron chi connectivity index (χ1n) is 5.46. The molecule has 0 aromatic heterocycles. The van der Waals surface area contributed by atoms with Crippen molar-refractivity contribution < 1.29 is 21.7 Å². The van der Waals surface area contributed by atoms with Crippen LogP contribution in [-0.4, -0.2) is 0 Å². The SMILES string of the molecule is [C-]1=CCCC1.[CH2-]CCC.[CH2-]CCC.[Ti+3]. The zero-order chi connectivity index (χ0) is 10.4. The molecule has 0 atom stereocenters. The van der Waals surface area contributed by atoms with E-state index in [0.29, 0.717) is 0 Å². The normalized spacial score (nSPS) is 11.7. The maximum Gasteiger partial charge on any atom is 3.00 e. The first kappa shape index (κ1) is 19.9. The van der Waals surface area contributed by atoms with Crippen molar-refractivity contribution in [1.29, 1.82) is 0 Å². The Labute approximate surface area is 106 Å². The van der Waals surface area contributed by atoms with Crippen LogP contribution < -0.4 is 0 Å². The molecule has 14 heavy (non-hydrogen) atoms. The Morgan fingerprint density at radius 1 is 1.14 bits per heavy atom. The summed E-state index contributed by atoms with van der Waals surface area (Å²) in [7, 11) is 0. The fraction of sp³-hybridized carbons (Fsp3) is 0.692. The fourth-order valence-electron chi connectivity index (χ4n) is 0.510. The molecular weight excluding hydrogens is 204 g/mol. The molecule has 0 saturated heterocycles. The van der Waals surface area contributed by atoms with Crippen LogP contribution in [0.2, 0.25) is 0 Å². The zero-order valence-electron chi connectivity index (χ0n) is 9.94. The van der Waals surface area contributed by atoms with E-state index in [2.05, 4.69) is 39.8 Å². The molecule has 0 saturated carbocycles. The third-order valence-corrected chi connectivity index (χ3v) is 1.52. The van der Waals surface area contributed by atoms with Crippen molar-refractivity contribution in [3.05, 3.63) is 26.0 Å². The minimum atomic E-state index is 0. The Bertz CT molecular complexity index is 73.2. The molecule has 0 nitrogen and oxygen atoms in total. The molecule has 0 bridgehead atoms. The topological polar surface area (TPSA) is 0 Å². The van der Waals surface area contributed by atoms with Crippen LogP contribution in [0.25, 0.3) is 0 Å². The first-order chi connectivity index (χ1) is 6.33. The van der Waals surface area contributed by atoms with Gasteiger partial charge in [0.25, 0.3) is 0 Å². The maximum absolute atomic E-state index is 3.60. The molecule has 0 aliphatic heterocycles. The van der Waals surface area contributed by atoms with Crippen LogP contribution in [0.1, 0.15) is 58.8 Å². The van der Waals surface area contributed by atoms with Crippen molar-refractivity contribution in [1.82, 2.24) is 0 Å². The monoisotopic (exact) mass is 229 g/mol. The van der Waals surface area contributed by atoms with Gasteiger partial charge in [-0.25, -0.2) is 0 Å². The molecule has 1 aliphatic carbocycles. The minimum Gasteiger partial charge on any atom is -0.501 e. The van der Waals surface area contributed by atoms with Crippen molar-refractivity contribution in [2.24, 2.45) is 0 Å². The molecule has 0 N–H and O–H groups in total. The molecule has 0 fully saturated rings. The van der Waals surface area contributed by atoms with Gasteiger partial charge in [-0.3, -0.25) is 6.08 Å². The summed E-state index contributed by atoms with van der Waals surface area (Å²) in [5, 5.41) is 0. The summed E-state index contributed by atoms with van der Waals surface area (Å²) in [6.07, 6.45) is 13.6. The molecule has 1 radical (unpaired) electrons. The van der Waals surface area contributed by atoms with Gasteiger partial charge in [0.2, 0.25) is 0 Å². The van der Waals surface area contributed by atoms with Gasteiger partial charge >= 0.3 is 21.7 Å². The van der Waals surface area contributed by atoms with Gasteiger partial charge in [-0.05, 0) is 0 Å². The molecule has 0 aromatic carbocycles. The molecular formula is C13H25Ti. The van der Waals surface area contributed by atoms with Gasteiger partial charge in [0.05, 0.1) is 0 Å². The summed E-state index contributed by atoms with van der Waals surface area (Å²) in [6, 6.07) is 0. The molecule has 0 heterocycles. The zero-order valence-corrected chi connectivity index (χ0v) is 11.5. The van der Waals surface area contributed by atoms with E-state index in [9.17, 15) is 0 Å². The summed E-state index contributed by atoms with van der Waals surface area (Å²) in [5.74, 6) is 0. The summed E-state index contributed by atoms with van der Waals surface area (Å²) in [4.78, 5) is 0. The van der Waals surface area contributed by atoms with Crippen molar-refractivity contribution in [2.75, 3.05) is 0 Å². The largest absolute Gasteiger partial charge is 3.00 e. The Morgan fingerprint density at radius 2 is 1.57 bits per heavy atom. The smallest absolute Gasteiger partial charge is 0.501 e. The summed E-state index contributed by atoms with van der Waals surface area (Å²) in [5.41, 5.74) is 0. The number of hydrogen-bond acceptors (Lipinski definition) is 0. The van der Waals surface area contributed by atoms with E-state index in [1.165, 1.54) is 32.1 Å². The quantitative estimate of drug-likeness (QED) is 0.472. The van der Waals surface area contributed by atoms with E-state index < -0.39 is 0 Å². The van der Waals surface area contributed by atoms with E-state index in [-0.39, 0.29) is 21.7 Å². The predicted molar refractivity (Wildman–Crippen MR) is 62.2 cm³/mol. The van der Waals surface area contributed by atoms with E-state index >= 15 is 0 Å². The summed E-state index contributed by atoms with van der Waals surface area (Å²) >= 11 is 0. The first-order valence-corrected chi connectivity index (χ1v) is 5.46.